The van der Waals surface area contributed by atoms with Crippen LogP contribution < -0.4 is 10.2 Å². The summed E-state index contributed by atoms with van der Waals surface area (Å²) >= 11 is 0. The van der Waals surface area contributed by atoms with Gasteiger partial charge in [0.1, 0.15) is 5.78 Å². The second-order valence-electron chi connectivity index (χ2n) is 10.4. The van der Waals surface area contributed by atoms with Crippen molar-refractivity contribution in [3.63, 3.8) is 0 Å². The van der Waals surface area contributed by atoms with E-state index in [1.807, 2.05) is 0 Å². The van der Waals surface area contributed by atoms with Crippen LogP contribution in [0, 0.1) is 22.7 Å². The van der Waals surface area contributed by atoms with Crippen LogP contribution in [-0.4, -0.2) is 39.8 Å². The van der Waals surface area contributed by atoms with Gasteiger partial charge in [-0.05, 0) is 78.9 Å². The van der Waals surface area contributed by atoms with Crippen molar-refractivity contribution in [1.82, 2.24) is 5.32 Å². The van der Waals surface area contributed by atoms with Gasteiger partial charge in [-0.3, -0.25) is 4.79 Å². The van der Waals surface area contributed by atoms with E-state index in [0.29, 0.717) is 29.0 Å². The van der Waals surface area contributed by atoms with Gasteiger partial charge in [0.2, 0.25) is 0 Å². The number of rotatable bonds is 1. The van der Waals surface area contributed by atoms with Crippen molar-refractivity contribution in [3.05, 3.63) is 29.3 Å². The predicted molar refractivity (Wildman–Crippen MR) is 108 cm³/mol. The van der Waals surface area contributed by atoms with Crippen LogP contribution in [0.25, 0.3) is 0 Å². The van der Waals surface area contributed by atoms with Gasteiger partial charge in [-0.1, -0.05) is 13.0 Å². The Kier molecular flexibility index (Phi) is 3.33. The Balaban J connectivity index is 1.26. The topological polar surface area (TPSA) is 32.3 Å². The third-order valence-corrected chi connectivity index (χ3v) is 8.92. The second kappa shape index (κ2) is 5.40. The van der Waals surface area contributed by atoms with Gasteiger partial charge in [0.05, 0.1) is 7.85 Å². The molecule has 140 valence electrons. The lowest BCUT2D eigenvalue weighted by Gasteiger charge is -2.57. The molecule has 0 aromatic heterocycles. The van der Waals surface area contributed by atoms with Crippen LogP contribution >= 0.6 is 0 Å². The molecule has 5 atom stereocenters. The number of carbonyl (C=O) groups is 1. The highest BCUT2D eigenvalue weighted by Crippen LogP contribution is 2.61. The maximum absolute atomic E-state index is 12.7. The number of Topliss-reactive ketones (excluding diaryl/α,β-unsaturated/α-hetero) is 1. The van der Waals surface area contributed by atoms with Crippen LogP contribution in [0.15, 0.2) is 18.2 Å². The molecule has 2 heterocycles. The van der Waals surface area contributed by atoms with Crippen LogP contribution in [0.3, 0.4) is 0 Å². The first-order valence-corrected chi connectivity index (χ1v) is 10.9. The van der Waals surface area contributed by atoms with Gasteiger partial charge < -0.3 is 10.2 Å². The number of nitrogens with one attached hydrogen (secondary N) is 1. The molecule has 3 nitrogen and oxygen atoms in total. The highest BCUT2D eigenvalue weighted by atomic mass is 16.1. The molecule has 2 radical (unpaired) electrons. The fourth-order valence-corrected chi connectivity index (χ4v) is 7.28. The van der Waals surface area contributed by atoms with Gasteiger partial charge in [-0.15, -0.1) is 0 Å². The Hall–Kier alpha value is -1.29. The van der Waals surface area contributed by atoms with E-state index in [2.05, 4.69) is 35.3 Å². The number of carbonyl (C=O) groups excluding carboxylic acids is 1. The lowest BCUT2D eigenvalue weighted by atomic mass is 9.55. The number of benzene rings is 1. The Morgan fingerprint density at radius 1 is 1.22 bits per heavy atom. The predicted octanol–water partition coefficient (Wildman–Crippen LogP) is 3.09. The van der Waals surface area contributed by atoms with Crippen molar-refractivity contribution in [2.75, 3.05) is 31.1 Å². The van der Waals surface area contributed by atoms with Crippen LogP contribution in [0.4, 0.5) is 5.69 Å². The quantitative estimate of drug-likeness (QED) is 0.782. The van der Waals surface area contributed by atoms with Crippen molar-refractivity contribution in [2.45, 2.75) is 50.8 Å². The lowest BCUT2D eigenvalue weighted by Crippen LogP contribution is -2.71. The van der Waals surface area contributed by atoms with Crippen LogP contribution in [0.5, 0.6) is 0 Å². The molecule has 1 aromatic rings. The lowest BCUT2D eigenvalue weighted by molar-refractivity contribution is -0.129. The molecule has 2 aliphatic heterocycles. The van der Waals surface area contributed by atoms with E-state index in [0.717, 1.165) is 19.3 Å². The minimum Gasteiger partial charge on any atom is -0.370 e. The molecule has 4 heteroatoms. The average molecular weight is 360 g/mol. The second-order valence-corrected chi connectivity index (χ2v) is 10.4. The van der Waals surface area contributed by atoms with Crippen LogP contribution in [-0.2, 0) is 11.2 Å². The Morgan fingerprint density at radius 3 is 2.78 bits per heavy atom. The summed E-state index contributed by atoms with van der Waals surface area (Å²) in [5, 5.41) is 3.42. The van der Waals surface area contributed by atoms with Gasteiger partial charge in [-0.2, -0.15) is 0 Å². The fourth-order valence-electron chi connectivity index (χ4n) is 7.28. The third kappa shape index (κ3) is 2.17. The summed E-state index contributed by atoms with van der Waals surface area (Å²) in [5.74, 6) is 1.89. The first-order chi connectivity index (χ1) is 13.0. The number of anilines is 1. The summed E-state index contributed by atoms with van der Waals surface area (Å²) in [5.41, 5.74) is 4.98. The van der Waals surface area contributed by atoms with Crippen molar-refractivity contribution < 1.29 is 4.79 Å². The standard InChI is InChI=1S/C23H29BN2O/c1-22-7-6-17-16-5-3-15(26-12-23(13-26)10-25-11-23)8-14(16)2-4-18(17)19(22)9-20(24)21(22)27/h3,5,8,17-20,25H,2,4,6-7,9-13H2,1H3. The molecule has 4 fully saturated rings. The summed E-state index contributed by atoms with van der Waals surface area (Å²) < 4.78 is 0. The minimum atomic E-state index is -0.220. The van der Waals surface area contributed by atoms with Crippen molar-refractivity contribution in [3.8, 4) is 0 Å². The SMILES string of the molecule is [B]C1CC2C3CCc4cc(N5CC6(CNC6)C5)ccc4C3CCC2(C)C1=O. The van der Waals surface area contributed by atoms with Gasteiger partial charge in [-0.25, -0.2) is 0 Å². The molecule has 5 unspecified atom stereocenters. The minimum absolute atomic E-state index is 0.152. The molecule has 5 aliphatic rings. The molecule has 27 heavy (non-hydrogen) atoms. The monoisotopic (exact) mass is 360 g/mol. The molecule has 2 saturated carbocycles. The van der Waals surface area contributed by atoms with Crippen molar-refractivity contribution in [1.29, 1.82) is 0 Å². The van der Waals surface area contributed by atoms with E-state index >= 15 is 0 Å². The molecule has 1 aromatic carbocycles. The summed E-state index contributed by atoms with van der Waals surface area (Å²) in [4.78, 5) is 15.2. The highest BCUT2D eigenvalue weighted by Gasteiger charge is 2.56. The molecule has 0 amide bonds. The van der Waals surface area contributed by atoms with Gasteiger partial charge in [0, 0.05) is 42.7 Å². The van der Waals surface area contributed by atoms with Crippen LogP contribution in [0.1, 0.15) is 49.7 Å². The maximum Gasteiger partial charge on any atom is 0.133 e. The molecule has 3 aliphatic carbocycles. The number of hydrogen-bond acceptors (Lipinski definition) is 3. The summed E-state index contributed by atoms with van der Waals surface area (Å²) in [6, 6.07) is 7.26. The zero-order valence-corrected chi connectivity index (χ0v) is 16.3. The maximum atomic E-state index is 12.7. The average Bonchev–Trinajstić information content (AvgIpc) is 2.83. The fraction of sp³-hybridized carbons (Fsp3) is 0.696. The smallest absolute Gasteiger partial charge is 0.133 e. The van der Waals surface area contributed by atoms with E-state index < -0.39 is 0 Å². The normalized spacial score (nSPS) is 41.4. The van der Waals surface area contributed by atoms with E-state index in [4.69, 9.17) is 7.85 Å². The molecule has 1 spiro atoms. The van der Waals surface area contributed by atoms with Gasteiger partial charge >= 0.3 is 0 Å². The molecule has 1 N–H and O–H groups in total. The van der Waals surface area contributed by atoms with E-state index in [-0.39, 0.29) is 11.2 Å². The summed E-state index contributed by atoms with van der Waals surface area (Å²) in [7, 11) is 6.19. The molecule has 2 saturated heterocycles. The van der Waals surface area contributed by atoms with Gasteiger partial charge in [0.25, 0.3) is 0 Å². The van der Waals surface area contributed by atoms with E-state index in [9.17, 15) is 4.79 Å². The summed E-state index contributed by atoms with van der Waals surface area (Å²) in [6.45, 7) is 7.02. The molecule has 6 rings (SSSR count). The van der Waals surface area contributed by atoms with E-state index in [1.54, 1.807) is 11.1 Å². The van der Waals surface area contributed by atoms with E-state index in [1.165, 1.54) is 44.7 Å². The first-order valence-electron chi connectivity index (χ1n) is 10.9. The molecular formula is C23H29BN2O. The number of ketones is 1. The van der Waals surface area contributed by atoms with Gasteiger partial charge in [0.15, 0.2) is 0 Å². The molecular weight excluding hydrogens is 331 g/mol. The Bertz CT molecular complexity index is 811. The number of nitrogens with zero attached hydrogens (tertiary/aromatic N) is 1. The molecule has 0 bridgehead atoms. The zero-order chi connectivity index (χ0) is 18.4. The van der Waals surface area contributed by atoms with Crippen molar-refractivity contribution >= 4 is 19.3 Å². The Labute approximate surface area is 163 Å². The zero-order valence-electron chi connectivity index (χ0n) is 16.3. The number of aryl methyl sites for hydroxylation is 1. The first kappa shape index (κ1) is 16.6. The largest absolute Gasteiger partial charge is 0.370 e. The van der Waals surface area contributed by atoms with Crippen molar-refractivity contribution in [2.24, 2.45) is 22.7 Å². The third-order valence-electron chi connectivity index (χ3n) is 8.92. The van der Waals surface area contributed by atoms with Crippen LogP contribution in [0.2, 0.25) is 5.82 Å². The highest BCUT2D eigenvalue weighted by molar-refractivity contribution is 6.26. The summed E-state index contributed by atoms with van der Waals surface area (Å²) in [6.07, 6.45) is 5.49. The number of hydrogen-bond donors (Lipinski definition) is 1. The number of fused-ring (bicyclic) bond motifs is 5. The Morgan fingerprint density at radius 2 is 2.04 bits per heavy atom.